The molecule has 2 aliphatic rings. The molecule has 0 radical (unpaired) electrons. The van der Waals surface area contributed by atoms with Gasteiger partial charge in [-0.3, -0.25) is 9.59 Å². The lowest BCUT2D eigenvalue weighted by Gasteiger charge is -2.39. The van der Waals surface area contributed by atoms with Gasteiger partial charge in [0.25, 0.3) is 5.91 Å². The quantitative estimate of drug-likeness (QED) is 0.905. The maximum Gasteiger partial charge on any atom is 0.411 e. The Morgan fingerprint density at radius 2 is 1.76 bits per heavy atom. The molecule has 2 fully saturated rings. The number of hydrogen-bond acceptors (Lipinski definition) is 2. The van der Waals surface area contributed by atoms with Crippen molar-refractivity contribution in [3.8, 4) is 0 Å². The summed E-state index contributed by atoms with van der Waals surface area (Å²) >= 11 is 0. The van der Waals surface area contributed by atoms with Gasteiger partial charge in [0.1, 0.15) is 18.1 Å². The lowest BCUT2D eigenvalue weighted by atomic mass is 10.0. The van der Waals surface area contributed by atoms with Crippen molar-refractivity contribution in [3.05, 3.63) is 35.9 Å². The number of halogens is 3. The highest BCUT2D eigenvalue weighted by molar-refractivity contribution is 5.96. The third-order valence-corrected chi connectivity index (χ3v) is 4.02. The highest BCUT2D eigenvalue weighted by Crippen LogP contribution is 2.54. The summed E-state index contributed by atoms with van der Waals surface area (Å²) in [6.45, 7) is -0.540. The Morgan fingerprint density at radius 3 is 2.29 bits per heavy atom. The van der Waals surface area contributed by atoms with Gasteiger partial charge >= 0.3 is 6.18 Å². The number of hydrogen-bond donors (Lipinski definition) is 1. The van der Waals surface area contributed by atoms with E-state index in [0.717, 1.165) is 0 Å². The number of piperazine rings is 1. The normalized spacial score (nSPS) is 24.7. The van der Waals surface area contributed by atoms with Crippen LogP contribution in [0.15, 0.2) is 30.3 Å². The van der Waals surface area contributed by atoms with Crippen LogP contribution in [0.2, 0.25) is 0 Å². The molecular formula is C14H13F3N2O2. The summed E-state index contributed by atoms with van der Waals surface area (Å²) in [6, 6.07) is 7.25. The van der Waals surface area contributed by atoms with E-state index < -0.39 is 36.1 Å². The molecule has 1 N–H and O–H groups in total. The number of carbonyl (C=O) groups excluding carboxylic acids is 2. The van der Waals surface area contributed by atoms with E-state index in [4.69, 9.17) is 0 Å². The average Bonchev–Trinajstić information content (AvgIpc) is 3.23. The summed E-state index contributed by atoms with van der Waals surface area (Å²) in [5.74, 6) is -1.27. The summed E-state index contributed by atoms with van der Waals surface area (Å²) < 4.78 is 39.6. The summed E-state index contributed by atoms with van der Waals surface area (Å²) in [4.78, 5) is 24.8. The number of nitrogens with zero attached hydrogens (tertiary/aromatic N) is 1. The number of rotatable bonds is 2. The maximum atomic E-state index is 13.2. The van der Waals surface area contributed by atoms with Crippen LogP contribution in [0.5, 0.6) is 0 Å². The fraction of sp³-hybridized carbons (Fsp3) is 0.429. The fourth-order valence-corrected chi connectivity index (χ4v) is 2.70. The van der Waals surface area contributed by atoms with Gasteiger partial charge in [-0.15, -0.1) is 0 Å². The van der Waals surface area contributed by atoms with E-state index in [2.05, 4.69) is 5.32 Å². The third-order valence-electron chi connectivity index (χ3n) is 4.02. The second-order valence-electron chi connectivity index (χ2n) is 5.36. The van der Waals surface area contributed by atoms with Crippen molar-refractivity contribution in [3.63, 3.8) is 0 Å². The molecule has 0 aromatic heterocycles. The second kappa shape index (κ2) is 4.47. The lowest BCUT2D eigenvalue weighted by molar-refractivity contribution is -0.203. The van der Waals surface area contributed by atoms with Gasteiger partial charge in [0.2, 0.25) is 5.91 Å². The largest absolute Gasteiger partial charge is 0.411 e. The highest BCUT2D eigenvalue weighted by atomic mass is 19.4. The van der Waals surface area contributed by atoms with E-state index in [1.165, 1.54) is 0 Å². The zero-order chi connectivity index (χ0) is 15.3. The van der Waals surface area contributed by atoms with Crippen molar-refractivity contribution in [1.29, 1.82) is 0 Å². The van der Waals surface area contributed by atoms with Crippen LogP contribution in [0.25, 0.3) is 0 Å². The minimum absolute atomic E-state index is 0.142. The van der Waals surface area contributed by atoms with Gasteiger partial charge in [0.05, 0.1) is 0 Å². The van der Waals surface area contributed by atoms with Crippen LogP contribution in [0.3, 0.4) is 0 Å². The first-order chi connectivity index (χ1) is 9.85. The average molecular weight is 298 g/mol. The Hall–Kier alpha value is -2.05. The Morgan fingerprint density at radius 1 is 1.14 bits per heavy atom. The standard InChI is InChI=1S/C14H13F3N2O2/c15-14(16,17)13(6-7-13)19-8-10(20)18-11(12(19)21)9-4-2-1-3-5-9/h1-5,11H,6-8H2,(H,18,20). The number of benzene rings is 1. The van der Waals surface area contributed by atoms with Crippen molar-refractivity contribution in [2.45, 2.75) is 30.6 Å². The van der Waals surface area contributed by atoms with Crippen molar-refractivity contribution >= 4 is 11.8 Å². The predicted molar refractivity (Wildman–Crippen MR) is 67.1 cm³/mol. The first-order valence-electron chi connectivity index (χ1n) is 6.58. The molecule has 1 aromatic carbocycles. The van der Waals surface area contributed by atoms with E-state index in [1.54, 1.807) is 30.3 Å². The van der Waals surface area contributed by atoms with E-state index in [9.17, 15) is 22.8 Å². The topological polar surface area (TPSA) is 49.4 Å². The maximum absolute atomic E-state index is 13.2. The first-order valence-corrected chi connectivity index (χ1v) is 6.58. The van der Waals surface area contributed by atoms with Gasteiger partial charge in [-0.2, -0.15) is 13.2 Å². The van der Waals surface area contributed by atoms with Crippen LogP contribution in [-0.2, 0) is 9.59 Å². The van der Waals surface area contributed by atoms with Crippen molar-refractivity contribution < 1.29 is 22.8 Å². The van der Waals surface area contributed by atoms with E-state index in [-0.39, 0.29) is 12.8 Å². The molecule has 112 valence electrons. The monoisotopic (exact) mass is 298 g/mol. The van der Waals surface area contributed by atoms with Crippen molar-refractivity contribution in [2.75, 3.05) is 6.54 Å². The molecule has 1 saturated heterocycles. The fourth-order valence-electron chi connectivity index (χ4n) is 2.70. The molecule has 1 aliphatic carbocycles. The summed E-state index contributed by atoms with van der Waals surface area (Å²) in [6.07, 6.45) is -4.80. The van der Waals surface area contributed by atoms with Gasteiger partial charge in [0, 0.05) is 0 Å². The Kier molecular flexibility index (Phi) is 2.96. The lowest BCUT2D eigenvalue weighted by Crippen LogP contribution is -2.61. The molecular weight excluding hydrogens is 285 g/mol. The SMILES string of the molecule is O=C1CN(C2(C(F)(F)F)CC2)C(=O)C(c2ccccc2)N1. The number of carbonyl (C=O) groups is 2. The Labute approximate surface area is 118 Å². The zero-order valence-electron chi connectivity index (χ0n) is 11.0. The number of alkyl halides is 3. The Balaban J connectivity index is 1.93. The predicted octanol–water partition coefficient (Wildman–Crippen LogP) is 1.78. The highest BCUT2D eigenvalue weighted by Gasteiger charge is 2.69. The number of nitrogens with one attached hydrogen (secondary N) is 1. The second-order valence-corrected chi connectivity index (χ2v) is 5.36. The smallest absolute Gasteiger partial charge is 0.339 e. The molecule has 0 spiro atoms. The summed E-state index contributed by atoms with van der Waals surface area (Å²) in [5.41, 5.74) is -1.67. The van der Waals surface area contributed by atoms with Crippen molar-refractivity contribution in [2.24, 2.45) is 0 Å². The Bertz CT molecular complexity index is 582. The molecule has 1 unspecified atom stereocenters. The van der Waals surface area contributed by atoms with Gasteiger partial charge in [-0.1, -0.05) is 30.3 Å². The van der Waals surface area contributed by atoms with Gasteiger partial charge < -0.3 is 10.2 Å². The first kappa shape index (κ1) is 13.9. The minimum atomic E-state index is -4.51. The van der Waals surface area contributed by atoms with Crippen LogP contribution in [0.4, 0.5) is 13.2 Å². The van der Waals surface area contributed by atoms with Gasteiger partial charge in [-0.05, 0) is 18.4 Å². The molecule has 1 aromatic rings. The zero-order valence-corrected chi connectivity index (χ0v) is 11.0. The molecule has 21 heavy (non-hydrogen) atoms. The molecule has 2 amide bonds. The molecule has 1 heterocycles. The van der Waals surface area contributed by atoms with Crippen LogP contribution in [0.1, 0.15) is 24.4 Å². The summed E-state index contributed by atoms with van der Waals surface area (Å²) in [7, 11) is 0. The molecule has 1 aliphatic heterocycles. The van der Waals surface area contributed by atoms with Crippen LogP contribution in [0, 0.1) is 0 Å². The molecule has 1 saturated carbocycles. The molecule has 4 nitrogen and oxygen atoms in total. The number of amides is 2. The molecule has 1 atom stereocenters. The van der Waals surface area contributed by atoms with Crippen LogP contribution < -0.4 is 5.32 Å². The van der Waals surface area contributed by atoms with Crippen LogP contribution >= 0.6 is 0 Å². The van der Waals surface area contributed by atoms with Gasteiger partial charge in [-0.25, -0.2) is 0 Å². The third kappa shape index (κ3) is 2.16. The van der Waals surface area contributed by atoms with E-state index in [1.807, 2.05) is 0 Å². The van der Waals surface area contributed by atoms with Gasteiger partial charge in [0.15, 0.2) is 0 Å². The molecule has 0 bridgehead atoms. The molecule has 3 rings (SSSR count). The van der Waals surface area contributed by atoms with Crippen molar-refractivity contribution in [1.82, 2.24) is 10.2 Å². The van der Waals surface area contributed by atoms with E-state index >= 15 is 0 Å². The summed E-state index contributed by atoms with van der Waals surface area (Å²) in [5, 5.41) is 2.47. The van der Waals surface area contributed by atoms with Crippen LogP contribution in [-0.4, -0.2) is 35.0 Å². The molecule has 7 heteroatoms. The minimum Gasteiger partial charge on any atom is -0.339 e. The van der Waals surface area contributed by atoms with E-state index in [0.29, 0.717) is 10.5 Å².